The number of nitrogens with one attached hydrogen (secondary N) is 1. The highest BCUT2D eigenvalue weighted by molar-refractivity contribution is 5.98. The fourth-order valence-electron chi connectivity index (χ4n) is 2.31. The van der Waals surface area contributed by atoms with Gasteiger partial charge in [-0.25, -0.2) is 4.98 Å². The molecule has 5 heteroatoms. The van der Waals surface area contributed by atoms with E-state index in [-0.39, 0.29) is 17.9 Å². The van der Waals surface area contributed by atoms with Crippen molar-refractivity contribution in [2.75, 3.05) is 25.5 Å². The zero-order valence-electron chi connectivity index (χ0n) is 10.8. The summed E-state index contributed by atoms with van der Waals surface area (Å²) in [4.78, 5) is 18.3. The molecule has 2 rings (SSSR count). The zero-order valence-corrected chi connectivity index (χ0v) is 10.8. The van der Waals surface area contributed by atoms with E-state index in [1.165, 1.54) is 0 Å². The lowest BCUT2D eigenvalue weighted by Crippen LogP contribution is -2.31. The van der Waals surface area contributed by atoms with E-state index < -0.39 is 0 Å². The van der Waals surface area contributed by atoms with E-state index in [9.17, 15) is 9.90 Å². The standard InChI is InChI=1S/C13H19N3O2/c1-9(17)10-5-7-16(8-10)13(18)11-4-3-6-15-12(11)14-2/h3-4,6,9-10,17H,5,7-8H2,1-2H3,(H,14,15). The molecule has 98 valence electrons. The molecule has 1 saturated heterocycles. The SMILES string of the molecule is CNc1ncccc1C(=O)N1CCC(C(C)O)C1. The van der Waals surface area contributed by atoms with Crippen LogP contribution in [-0.4, -0.2) is 47.1 Å². The molecule has 2 N–H and O–H groups in total. The predicted octanol–water partition coefficient (Wildman–Crippen LogP) is 0.966. The number of aromatic nitrogens is 1. The van der Waals surface area contributed by atoms with Crippen LogP contribution in [0.25, 0.3) is 0 Å². The van der Waals surface area contributed by atoms with Crippen molar-refractivity contribution in [1.29, 1.82) is 0 Å². The van der Waals surface area contributed by atoms with Crippen LogP contribution in [0.1, 0.15) is 23.7 Å². The number of aliphatic hydroxyl groups is 1. The number of hydrogen-bond donors (Lipinski definition) is 2. The predicted molar refractivity (Wildman–Crippen MR) is 69.5 cm³/mol. The van der Waals surface area contributed by atoms with Gasteiger partial charge in [0.25, 0.3) is 5.91 Å². The van der Waals surface area contributed by atoms with Crippen molar-refractivity contribution in [1.82, 2.24) is 9.88 Å². The summed E-state index contributed by atoms with van der Waals surface area (Å²) in [6.45, 7) is 3.10. The Morgan fingerprint density at radius 1 is 1.67 bits per heavy atom. The number of anilines is 1. The molecule has 2 unspecified atom stereocenters. The lowest BCUT2D eigenvalue weighted by molar-refractivity contribution is 0.0763. The molecule has 2 heterocycles. The van der Waals surface area contributed by atoms with Crippen molar-refractivity contribution in [3.63, 3.8) is 0 Å². The van der Waals surface area contributed by atoms with Crippen LogP contribution in [0.2, 0.25) is 0 Å². The highest BCUT2D eigenvalue weighted by Crippen LogP contribution is 2.23. The van der Waals surface area contributed by atoms with Gasteiger partial charge < -0.3 is 15.3 Å². The van der Waals surface area contributed by atoms with Crippen LogP contribution in [-0.2, 0) is 0 Å². The molecular weight excluding hydrogens is 230 g/mol. The second kappa shape index (κ2) is 5.35. The summed E-state index contributed by atoms with van der Waals surface area (Å²) in [5, 5.41) is 12.5. The van der Waals surface area contributed by atoms with Gasteiger partial charge in [0.15, 0.2) is 0 Å². The van der Waals surface area contributed by atoms with E-state index in [1.54, 1.807) is 37.2 Å². The highest BCUT2D eigenvalue weighted by atomic mass is 16.3. The van der Waals surface area contributed by atoms with Crippen molar-refractivity contribution >= 4 is 11.7 Å². The summed E-state index contributed by atoms with van der Waals surface area (Å²) in [5.41, 5.74) is 0.589. The first-order valence-electron chi connectivity index (χ1n) is 6.23. The maximum Gasteiger partial charge on any atom is 0.257 e. The van der Waals surface area contributed by atoms with E-state index >= 15 is 0 Å². The van der Waals surface area contributed by atoms with Gasteiger partial charge in [0.05, 0.1) is 11.7 Å². The number of nitrogens with zero attached hydrogens (tertiary/aromatic N) is 2. The van der Waals surface area contributed by atoms with Gasteiger partial charge in [-0.3, -0.25) is 4.79 Å². The van der Waals surface area contributed by atoms with E-state index in [0.717, 1.165) is 6.42 Å². The molecule has 0 radical (unpaired) electrons. The van der Waals surface area contributed by atoms with Gasteiger partial charge in [-0.15, -0.1) is 0 Å². The maximum absolute atomic E-state index is 12.4. The summed E-state index contributed by atoms with van der Waals surface area (Å²) in [6, 6.07) is 3.53. The van der Waals surface area contributed by atoms with Crippen molar-refractivity contribution in [2.45, 2.75) is 19.4 Å². The average molecular weight is 249 g/mol. The van der Waals surface area contributed by atoms with Gasteiger partial charge in [-0.2, -0.15) is 0 Å². The third-order valence-electron chi connectivity index (χ3n) is 3.47. The van der Waals surface area contributed by atoms with Gasteiger partial charge in [0, 0.05) is 32.3 Å². The smallest absolute Gasteiger partial charge is 0.257 e. The minimum Gasteiger partial charge on any atom is -0.393 e. The van der Waals surface area contributed by atoms with Gasteiger partial charge in [0.2, 0.25) is 0 Å². The Hall–Kier alpha value is -1.62. The Bertz CT molecular complexity index is 434. The molecule has 5 nitrogen and oxygen atoms in total. The molecule has 2 atom stereocenters. The van der Waals surface area contributed by atoms with Gasteiger partial charge >= 0.3 is 0 Å². The normalized spacial score (nSPS) is 20.8. The molecule has 0 aliphatic carbocycles. The molecule has 1 fully saturated rings. The third-order valence-corrected chi connectivity index (χ3v) is 3.47. The van der Waals surface area contributed by atoms with Crippen LogP contribution < -0.4 is 5.32 Å². The number of carbonyl (C=O) groups is 1. The molecule has 0 bridgehead atoms. The van der Waals surface area contributed by atoms with Gasteiger partial charge in [-0.05, 0) is 25.5 Å². The molecule has 1 aliphatic heterocycles. The number of amides is 1. The average Bonchev–Trinajstić information content (AvgIpc) is 2.87. The Balaban J connectivity index is 2.13. The number of aliphatic hydroxyl groups excluding tert-OH is 1. The number of pyridine rings is 1. The minimum absolute atomic E-state index is 0.0180. The van der Waals surface area contributed by atoms with Gasteiger partial charge in [0.1, 0.15) is 5.82 Å². The summed E-state index contributed by atoms with van der Waals surface area (Å²) >= 11 is 0. The Morgan fingerprint density at radius 3 is 3.06 bits per heavy atom. The minimum atomic E-state index is -0.361. The molecule has 0 aromatic carbocycles. The first kappa shape index (κ1) is 12.8. The first-order valence-corrected chi connectivity index (χ1v) is 6.23. The molecule has 1 aromatic rings. The van der Waals surface area contributed by atoms with Gasteiger partial charge in [-0.1, -0.05) is 0 Å². The number of hydrogen-bond acceptors (Lipinski definition) is 4. The fraction of sp³-hybridized carbons (Fsp3) is 0.538. The van der Waals surface area contributed by atoms with Crippen LogP contribution in [0.5, 0.6) is 0 Å². The number of rotatable bonds is 3. The second-order valence-electron chi connectivity index (χ2n) is 4.69. The maximum atomic E-state index is 12.4. The third kappa shape index (κ3) is 2.46. The van der Waals surface area contributed by atoms with Crippen LogP contribution in [0, 0.1) is 5.92 Å². The summed E-state index contributed by atoms with van der Waals surface area (Å²) in [6.07, 6.45) is 2.16. The topological polar surface area (TPSA) is 65.5 Å². The van der Waals surface area contributed by atoms with Crippen LogP contribution >= 0.6 is 0 Å². The molecule has 18 heavy (non-hydrogen) atoms. The monoisotopic (exact) mass is 249 g/mol. The first-order chi connectivity index (χ1) is 8.63. The lowest BCUT2D eigenvalue weighted by Gasteiger charge is -2.18. The second-order valence-corrected chi connectivity index (χ2v) is 4.69. The van der Waals surface area contributed by atoms with Crippen molar-refractivity contribution in [3.8, 4) is 0 Å². The Labute approximate surface area is 107 Å². The summed E-state index contributed by atoms with van der Waals surface area (Å²) in [7, 11) is 1.75. The molecular formula is C13H19N3O2. The van der Waals surface area contributed by atoms with Crippen LogP contribution in [0.4, 0.5) is 5.82 Å². The molecule has 0 spiro atoms. The quantitative estimate of drug-likeness (QED) is 0.837. The number of likely N-dealkylation sites (tertiary alicyclic amines) is 1. The molecule has 1 amide bonds. The Kier molecular flexibility index (Phi) is 3.81. The summed E-state index contributed by atoms with van der Waals surface area (Å²) < 4.78 is 0. The summed E-state index contributed by atoms with van der Waals surface area (Å²) in [5.74, 6) is 0.766. The highest BCUT2D eigenvalue weighted by Gasteiger charge is 2.30. The van der Waals surface area contributed by atoms with Crippen molar-refractivity contribution < 1.29 is 9.90 Å². The van der Waals surface area contributed by atoms with Crippen molar-refractivity contribution in [3.05, 3.63) is 23.9 Å². The largest absolute Gasteiger partial charge is 0.393 e. The van der Waals surface area contributed by atoms with E-state index in [0.29, 0.717) is 24.5 Å². The van der Waals surface area contributed by atoms with E-state index in [2.05, 4.69) is 10.3 Å². The number of carbonyl (C=O) groups excluding carboxylic acids is 1. The molecule has 0 saturated carbocycles. The van der Waals surface area contributed by atoms with E-state index in [1.807, 2.05) is 0 Å². The van der Waals surface area contributed by atoms with E-state index in [4.69, 9.17) is 0 Å². The van der Waals surface area contributed by atoms with Crippen molar-refractivity contribution in [2.24, 2.45) is 5.92 Å². The Morgan fingerprint density at radius 2 is 2.44 bits per heavy atom. The lowest BCUT2D eigenvalue weighted by atomic mass is 10.0. The van der Waals surface area contributed by atoms with Crippen LogP contribution in [0.15, 0.2) is 18.3 Å². The zero-order chi connectivity index (χ0) is 13.1. The van der Waals surface area contributed by atoms with Crippen LogP contribution in [0.3, 0.4) is 0 Å². The molecule has 1 aromatic heterocycles. The fourth-order valence-corrected chi connectivity index (χ4v) is 2.31. The molecule has 1 aliphatic rings.